The van der Waals surface area contributed by atoms with Gasteiger partial charge < -0.3 is 10.6 Å². The van der Waals surface area contributed by atoms with Crippen LogP contribution in [0.2, 0.25) is 0 Å². The van der Waals surface area contributed by atoms with Crippen LogP contribution in [0, 0.1) is 5.92 Å². The zero-order chi connectivity index (χ0) is 21.6. The molecule has 4 rings (SSSR count). The van der Waals surface area contributed by atoms with E-state index in [9.17, 15) is 9.59 Å². The van der Waals surface area contributed by atoms with Crippen molar-refractivity contribution in [2.45, 2.75) is 44.9 Å². The van der Waals surface area contributed by atoms with Crippen molar-refractivity contribution in [2.75, 3.05) is 10.6 Å². The van der Waals surface area contributed by atoms with Crippen molar-refractivity contribution in [3.63, 3.8) is 0 Å². The van der Waals surface area contributed by atoms with Gasteiger partial charge in [0.15, 0.2) is 5.82 Å². The maximum absolute atomic E-state index is 12.1. The minimum Gasteiger partial charge on any atom is -0.309 e. The number of hydrogen-bond donors (Lipinski definition) is 2. The highest BCUT2D eigenvalue weighted by atomic mass is 32.1. The Balaban J connectivity index is 1.28. The molecule has 2 unspecified atom stereocenters. The molecule has 2 N–H and O–H groups in total. The summed E-state index contributed by atoms with van der Waals surface area (Å²) >= 11 is 1.43. The van der Waals surface area contributed by atoms with Gasteiger partial charge in [-0.05, 0) is 49.4 Å². The van der Waals surface area contributed by atoms with E-state index in [0.717, 1.165) is 36.4 Å². The van der Waals surface area contributed by atoms with Crippen molar-refractivity contribution >= 4 is 34.1 Å². The van der Waals surface area contributed by atoms with E-state index in [1.807, 2.05) is 24.3 Å². The Morgan fingerprint density at radius 1 is 1.06 bits per heavy atom. The summed E-state index contributed by atoms with van der Waals surface area (Å²) in [4.78, 5) is 27.4. The highest BCUT2D eigenvalue weighted by Gasteiger charge is 2.28. The number of amides is 2. The molecule has 10 heteroatoms. The maximum Gasteiger partial charge on any atom is 0.231 e. The number of hydrogen-bond acceptors (Lipinski definition) is 8. The predicted molar refractivity (Wildman–Crippen MR) is 117 cm³/mol. The number of nitrogens with one attached hydrogen (secondary N) is 2. The number of pyridine rings is 1. The molecule has 31 heavy (non-hydrogen) atoms. The fourth-order valence-corrected chi connectivity index (χ4v) is 4.69. The van der Waals surface area contributed by atoms with Crippen LogP contribution in [0.4, 0.5) is 10.9 Å². The first kappa shape index (κ1) is 21.0. The topological polar surface area (TPSA) is 123 Å². The average molecular weight is 438 g/mol. The van der Waals surface area contributed by atoms with E-state index in [2.05, 4.69) is 36.0 Å². The molecule has 1 aliphatic rings. The average Bonchev–Trinajstić information content (AvgIpc) is 3.39. The lowest BCUT2D eigenvalue weighted by Gasteiger charge is -2.10. The van der Waals surface area contributed by atoms with Gasteiger partial charge in [0.25, 0.3) is 0 Å². The van der Waals surface area contributed by atoms with E-state index in [-0.39, 0.29) is 18.2 Å². The van der Waals surface area contributed by atoms with Gasteiger partial charge in [-0.25, -0.2) is 0 Å². The summed E-state index contributed by atoms with van der Waals surface area (Å²) in [6, 6.07) is 9.22. The molecule has 2 atom stereocenters. The molecule has 1 saturated carbocycles. The van der Waals surface area contributed by atoms with Crippen molar-refractivity contribution in [2.24, 2.45) is 5.92 Å². The highest BCUT2D eigenvalue weighted by molar-refractivity contribution is 7.15. The molecular weight excluding hydrogens is 414 g/mol. The summed E-state index contributed by atoms with van der Waals surface area (Å²) < 4.78 is 0. The number of rotatable bonds is 7. The molecule has 0 aromatic carbocycles. The van der Waals surface area contributed by atoms with Gasteiger partial charge in [0, 0.05) is 31.2 Å². The smallest absolute Gasteiger partial charge is 0.231 e. The molecule has 1 fully saturated rings. The molecule has 1 aliphatic carbocycles. The SMILES string of the molecule is CC(=O)Nc1nnc(CC2CCC(c3ccc(NC(=O)Cc4ccccn4)nn3)C2)s1. The van der Waals surface area contributed by atoms with Gasteiger partial charge in [0.1, 0.15) is 5.01 Å². The van der Waals surface area contributed by atoms with E-state index in [4.69, 9.17) is 0 Å². The summed E-state index contributed by atoms with van der Waals surface area (Å²) in [6.45, 7) is 1.46. The molecule has 2 amide bonds. The molecule has 3 heterocycles. The van der Waals surface area contributed by atoms with E-state index in [1.54, 1.807) is 12.3 Å². The summed E-state index contributed by atoms with van der Waals surface area (Å²) in [5.74, 6) is 0.982. The third-order valence-corrected chi connectivity index (χ3v) is 6.05. The van der Waals surface area contributed by atoms with Gasteiger partial charge in [-0.2, -0.15) is 5.10 Å². The Morgan fingerprint density at radius 2 is 1.97 bits per heavy atom. The second kappa shape index (κ2) is 9.69. The Hall–Kier alpha value is -3.27. The van der Waals surface area contributed by atoms with E-state index in [0.29, 0.717) is 28.5 Å². The van der Waals surface area contributed by atoms with Crippen molar-refractivity contribution in [1.82, 2.24) is 25.4 Å². The standard InChI is InChI=1S/C21H23N7O2S/c1-13(29)23-21-28-27-20(31-21)11-14-5-6-15(10-14)17-7-8-18(26-25-17)24-19(30)12-16-4-2-3-9-22-16/h2-4,7-9,14-15H,5-6,10-12H2,1H3,(H,23,28,29)(H,24,26,30). The van der Waals surface area contributed by atoms with Crippen molar-refractivity contribution in [3.8, 4) is 0 Å². The van der Waals surface area contributed by atoms with Crippen LogP contribution < -0.4 is 10.6 Å². The van der Waals surface area contributed by atoms with E-state index < -0.39 is 0 Å². The summed E-state index contributed by atoms with van der Waals surface area (Å²) in [5, 5.41) is 23.6. The highest BCUT2D eigenvalue weighted by Crippen LogP contribution is 2.39. The van der Waals surface area contributed by atoms with Crippen LogP contribution in [0.15, 0.2) is 36.5 Å². The lowest BCUT2D eigenvalue weighted by atomic mass is 9.99. The van der Waals surface area contributed by atoms with Crippen LogP contribution in [-0.2, 0) is 22.4 Å². The van der Waals surface area contributed by atoms with Gasteiger partial charge in [-0.3, -0.25) is 14.6 Å². The molecule has 0 radical (unpaired) electrons. The third kappa shape index (κ3) is 5.88. The van der Waals surface area contributed by atoms with Crippen LogP contribution in [0.1, 0.15) is 48.5 Å². The number of anilines is 2. The first-order chi connectivity index (χ1) is 15.0. The molecule has 3 aromatic heterocycles. The largest absolute Gasteiger partial charge is 0.309 e. The molecule has 0 bridgehead atoms. The Morgan fingerprint density at radius 3 is 2.71 bits per heavy atom. The summed E-state index contributed by atoms with van der Waals surface area (Å²) in [7, 11) is 0. The van der Waals surface area contributed by atoms with Crippen molar-refractivity contribution in [3.05, 3.63) is 52.9 Å². The minimum atomic E-state index is -0.169. The number of nitrogens with zero attached hydrogens (tertiary/aromatic N) is 5. The number of carbonyl (C=O) groups is 2. The van der Waals surface area contributed by atoms with Gasteiger partial charge in [-0.15, -0.1) is 15.3 Å². The molecule has 160 valence electrons. The Kier molecular flexibility index (Phi) is 6.56. The first-order valence-electron chi connectivity index (χ1n) is 10.2. The summed E-state index contributed by atoms with van der Waals surface area (Å²) in [5.41, 5.74) is 1.66. The second-order valence-corrected chi connectivity index (χ2v) is 8.71. The Labute approximate surface area is 183 Å². The zero-order valence-electron chi connectivity index (χ0n) is 17.1. The third-order valence-electron chi connectivity index (χ3n) is 5.19. The van der Waals surface area contributed by atoms with Crippen LogP contribution in [0.25, 0.3) is 0 Å². The van der Waals surface area contributed by atoms with Crippen molar-refractivity contribution in [1.29, 1.82) is 0 Å². The van der Waals surface area contributed by atoms with Gasteiger partial charge in [0.05, 0.1) is 12.1 Å². The van der Waals surface area contributed by atoms with Crippen LogP contribution >= 0.6 is 11.3 Å². The molecule has 0 spiro atoms. The quantitative estimate of drug-likeness (QED) is 0.582. The predicted octanol–water partition coefficient (Wildman–Crippen LogP) is 2.99. The molecule has 0 saturated heterocycles. The number of carbonyl (C=O) groups excluding carboxylic acids is 2. The van der Waals surface area contributed by atoms with Gasteiger partial charge in [-0.1, -0.05) is 17.4 Å². The molecule has 9 nitrogen and oxygen atoms in total. The summed E-state index contributed by atoms with van der Waals surface area (Å²) in [6.07, 6.45) is 5.85. The second-order valence-electron chi connectivity index (χ2n) is 7.65. The van der Waals surface area contributed by atoms with Crippen LogP contribution in [-0.4, -0.2) is 37.2 Å². The zero-order valence-corrected chi connectivity index (χ0v) is 17.9. The van der Waals surface area contributed by atoms with Crippen molar-refractivity contribution < 1.29 is 9.59 Å². The normalized spacial score (nSPS) is 18.0. The van der Waals surface area contributed by atoms with E-state index >= 15 is 0 Å². The monoisotopic (exact) mass is 437 g/mol. The van der Waals surface area contributed by atoms with Crippen LogP contribution in [0.3, 0.4) is 0 Å². The Bertz CT molecular complexity index is 1040. The fraction of sp³-hybridized carbons (Fsp3) is 0.381. The number of aromatic nitrogens is 5. The molecule has 0 aliphatic heterocycles. The lowest BCUT2D eigenvalue weighted by molar-refractivity contribution is -0.116. The minimum absolute atomic E-state index is 0.140. The van der Waals surface area contributed by atoms with E-state index in [1.165, 1.54) is 18.3 Å². The molecule has 3 aromatic rings. The van der Waals surface area contributed by atoms with Gasteiger partial charge in [0.2, 0.25) is 16.9 Å². The maximum atomic E-state index is 12.1. The first-order valence-corrected chi connectivity index (χ1v) is 11.0. The van der Waals surface area contributed by atoms with Crippen LogP contribution in [0.5, 0.6) is 0 Å². The fourth-order valence-electron chi connectivity index (χ4n) is 3.79. The molecular formula is C21H23N7O2S. The van der Waals surface area contributed by atoms with Gasteiger partial charge >= 0.3 is 0 Å². The lowest BCUT2D eigenvalue weighted by Crippen LogP contribution is -2.16.